The summed E-state index contributed by atoms with van der Waals surface area (Å²) in [6, 6.07) is 6.81. The molecule has 28 heavy (non-hydrogen) atoms. The van der Waals surface area contributed by atoms with Gasteiger partial charge in [0.1, 0.15) is 0 Å². The quantitative estimate of drug-likeness (QED) is 0.609. The number of non-ortho nitro benzene ring substituents is 1. The summed E-state index contributed by atoms with van der Waals surface area (Å²) in [7, 11) is 0. The predicted molar refractivity (Wildman–Crippen MR) is 110 cm³/mol. The van der Waals surface area contributed by atoms with E-state index in [2.05, 4.69) is 15.1 Å². The molecule has 1 aromatic rings. The average molecular weight is 389 g/mol. The minimum Gasteiger partial charge on any atom is -0.389 e. The molecule has 2 N–H and O–H groups in total. The summed E-state index contributed by atoms with van der Waals surface area (Å²) in [5, 5.41) is 25.4. The number of aliphatic hydroxyl groups is 1. The molecule has 1 aliphatic carbocycles. The number of piperidine rings is 1. The van der Waals surface area contributed by atoms with Gasteiger partial charge in [-0.3, -0.25) is 15.0 Å². The first kappa shape index (κ1) is 19.6. The molecule has 0 amide bonds. The van der Waals surface area contributed by atoms with Crippen LogP contribution in [0, 0.1) is 15.5 Å². The average Bonchev–Trinajstić information content (AvgIpc) is 2.72. The Hall–Kier alpha value is -1.70. The van der Waals surface area contributed by atoms with Crippen LogP contribution in [0.4, 0.5) is 11.4 Å². The summed E-state index contributed by atoms with van der Waals surface area (Å²) in [5.74, 6) is 0. The number of rotatable bonds is 4. The summed E-state index contributed by atoms with van der Waals surface area (Å²) < 4.78 is 0. The summed E-state index contributed by atoms with van der Waals surface area (Å²) >= 11 is 0. The van der Waals surface area contributed by atoms with Gasteiger partial charge in [0, 0.05) is 50.5 Å². The van der Waals surface area contributed by atoms with E-state index in [4.69, 9.17) is 0 Å². The van der Waals surface area contributed by atoms with E-state index in [-0.39, 0.29) is 10.6 Å². The highest BCUT2D eigenvalue weighted by atomic mass is 16.6. The topological polar surface area (TPSA) is 81.9 Å². The molecule has 4 rings (SSSR count). The van der Waals surface area contributed by atoms with Crippen LogP contribution >= 0.6 is 0 Å². The summed E-state index contributed by atoms with van der Waals surface area (Å²) in [6.45, 7) is 6.66. The monoisotopic (exact) mass is 388 g/mol. The summed E-state index contributed by atoms with van der Waals surface area (Å²) in [5.41, 5.74) is 1.11. The third-order valence-corrected chi connectivity index (χ3v) is 7.22. The third kappa shape index (κ3) is 4.31. The molecule has 2 saturated heterocycles. The molecule has 7 nitrogen and oxygen atoms in total. The van der Waals surface area contributed by atoms with Crippen molar-refractivity contribution < 1.29 is 10.0 Å². The second-order valence-corrected chi connectivity index (χ2v) is 9.01. The van der Waals surface area contributed by atoms with Gasteiger partial charge >= 0.3 is 0 Å². The highest BCUT2D eigenvalue weighted by molar-refractivity contribution is 5.51. The summed E-state index contributed by atoms with van der Waals surface area (Å²) in [4.78, 5) is 15.1. The van der Waals surface area contributed by atoms with Crippen LogP contribution in [-0.4, -0.2) is 66.3 Å². The van der Waals surface area contributed by atoms with Crippen molar-refractivity contribution in [3.8, 4) is 0 Å². The normalized spacial score (nSPS) is 25.0. The van der Waals surface area contributed by atoms with Gasteiger partial charge in [0.2, 0.25) is 0 Å². The molecular weight excluding hydrogens is 356 g/mol. The minimum atomic E-state index is -0.536. The maximum atomic E-state index is 11.2. The van der Waals surface area contributed by atoms with E-state index in [0.717, 1.165) is 77.2 Å². The number of hydrogen-bond donors (Lipinski definition) is 2. The molecule has 0 unspecified atom stereocenters. The smallest absolute Gasteiger partial charge is 0.269 e. The molecule has 0 aromatic heterocycles. The van der Waals surface area contributed by atoms with E-state index in [1.807, 2.05) is 12.1 Å². The van der Waals surface area contributed by atoms with Crippen molar-refractivity contribution in [3.05, 3.63) is 34.4 Å². The van der Waals surface area contributed by atoms with Crippen LogP contribution in [0.3, 0.4) is 0 Å². The number of benzene rings is 1. The molecule has 2 heterocycles. The molecule has 3 fully saturated rings. The molecule has 1 saturated carbocycles. The van der Waals surface area contributed by atoms with Gasteiger partial charge in [-0.05, 0) is 69.2 Å². The maximum absolute atomic E-state index is 11.2. The number of nitrogens with one attached hydrogen (secondary N) is 1. The molecule has 0 radical (unpaired) electrons. The van der Waals surface area contributed by atoms with Crippen molar-refractivity contribution in [2.45, 2.75) is 44.1 Å². The van der Waals surface area contributed by atoms with Crippen molar-refractivity contribution in [2.24, 2.45) is 5.41 Å². The molecular formula is C21H32N4O3. The first-order valence-corrected chi connectivity index (χ1v) is 10.6. The molecule has 2 aliphatic heterocycles. The van der Waals surface area contributed by atoms with Crippen LogP contribution in [0.15, 0.2) is 24.3 Å². The van der Waals surface area contributed by atoms with Gasteiger partial charge in [-0.15, -0.1) is 0 Å². The van der Waals surface area contributed by atoms with Gasteiger partial charge in [0.05, 0.1) is 10.5 Å². The zero-order chi connectivity index (χ0) is 19.6. The molecule has 1 spiro atoms. The van der Waals surface area contributed by atoms with Gasteiger partial charge in [-0.25, -0.2) is 0 Å². The lowest BCUT2D eigenvalue weighted by Crippen LogP contribution is -2.54. The first-order valence-electron chi connectivity index (χ1n) is 10.6. The molecule has 3 aliphatic rings. The van der Waals surface area contributed by atoms with Crippen LogP contribution in [0.25, 0.3) is 0 Å². The number of hydrogen-bond acceptors (Lipinski definition) is 6. The number of nitro benzene ring substituents is 1. The van der Waals surface area contributed by atoms with Crippen LogP contribution in [0.1, 0.15) is 38.5 Å². The lowest BCUT2D eigenvalue weighted by atomic mass is 9.64. The van der Waals surface area contributed by atoms with E-state index < -0.39 is 5.60 Å². The van der Waals surface area contributed by atoms with Crippen LogP contribution < -0.4 is 10.2 Å². The Morgan fingerprint density at radius 3 is 2.14 bits per heavy atom. The molecule has 154 valence electrons. The highest BCUT2D eigenvalue weighted by Gasteiger charge is 2.43. The van der Waals surface area contributed by atoms with Crippen LogP contribution in [0.5, 0.6) is 0 Å². The number of piperazine rings is 1. The number of β-amino-alcohol motifs (C(OH)–C–C–N with tert-alkyl or cyclic N) is 1. The Kier molecular flexibility index (Phi) is 5.58. The van der Waals surface area contributed by atoms with E-state index in [9.17, 15) is 15.2 Å². The lowest BCUT2D eigenvalue weighted by molar-refractivity contribution is -0.384. The minimum absolute atomic E-state index is 0.133. The third-order valence-electron chi connectivity index (χ3n) is 7.22. The second kappa shape index (κ2) is 7.97. The molecule has 1 aromatic carbocycles. The fraction of sp³-hybridized carbons (Fsp3) is 0.714. The second-order valence-electron chi connectivity index (χ2n) is 9.01. The van der Waals surface area contributed by atoms with E-state index >= 15 is 0 Å². The van der Waals surface area contributed by atoms with Gasteiger partial charge in [-0.1, -0.05) is 0 Å². The Morgan fingerprint density at radius 2 is 1.57 bits per heavy atom. The zero-order valence-electron chi connectivity index (χ0n) is 16.6. The maximum Gasteiger partial charge on any atom is 0.269 e. The fourth-order valence-corrected chi connectivity index (χ4v) is 5.23. The van der Waals surface area contributed by atoms with Crippen LogP contribution in [0.2, 0.25) is 0 Å². The zero-order valence-corrected chi connectivity index (χ0v) is 16.6. The molecule has 0 bridgehead atoms. The Labute approximate surface area is 166 Å². The van der Waals surface area contributed by atoms with Crippen LogP contribution in [-0.2, 0) is 0 Å². The standard InChI is InChI=1S/C21H32N4O3/c26-21(7-5-20(6-8-21)9-11-22-12-10-20)17-23-13-15-24(16-14-23)18-1-3-19(4-2-18)25(27)28/h1-4,22,26H,5-17H2. The van der Waals surface area contributed by atoms with Crippen molar-refractivity contribution in [2.75, 3.05) is 50.7 Å². The lowest BCUT2D eigenvalue weighted by Gasteiger charge is -2.48. The van der Waals surface area contributed by atoms with E-state index in [1.165, 1.54) is 12.8 Å². The first-order chi connectivity index (χ1) is 13.5. The Balaban J connectivity index is 1.27. The highest BCUT2D eigenvalue weighted by Crippen LogP contribution is 2.46. The Bertz CT molecular complexity index is 669. The van der Waals surface area contributed by atoms with Crippen molar-refractivity contribution in [1.82, 2.24) is 10.2 Å². The SMILES string of the molecule is O=[N+]([O-])c1ccc(N2CCN(CC3(O)CCC4(CCNCC4)CC3)CC2)cc1. The predicted octanol–water partition coefficient (Wildman–Crippen LogP) is 2.39. The number of anilines is 1. The van der Waals surface area contributed by atoms with Crippen molar-refractivity contribution in [1.29, 1.82) is 0 Å². The fourth-order valence-electron chi connectivity index (χ4n) is 5.23. The largest absolute Gasteiger partial charge is 0.389 e. The van der Waals surface area contributed by atoms with E-state index in [0.29, 0.717) is 5.41 Å². The van der Waals surface area contributed by atoms with Gasteiger partial charge < -0.3 is 15.3 Å². The Morgan fingerprint density at radius 1 is 0.964 bits per heavy atom. The number of nitrogens with zero attached hydrogens (tertiary/aromatic N) is 3. The molecule has 0 atom stereocenters. The van der Waals surface area contributed by atoms with Crippen molar-refractivity contribution in [3.63, 3.8) is 0 Å². The van der Waals surface area contributed by atoms with Gasteiger partial charge in [0.25, 0.3) is 5.69 Å². The van der Waals surface area contributed by atoms with Crippen molar-refractivity contribution >= 4 is 11.4 Å². The van der Waals surface area contributed by atoms with Gasteiger partial charge in [0.15, 0.2) is 0 Å². The molecule has 7 heteroatoms. The van der Waals surface area contributed by atoms with E-state index in [1.54, 1.807) is 12.1 Å². The number of nitro groups is 1. The van der Waals surface area contributed by atoms with Gasteiger partial charge in [-0.2, -0.15) is 0 Å². The summed E-state index contributed by atoms with van der Waals surface area (Å²) in [6.07, 6.45) is 6.70.